The van der Waals surface area contributed by atoms with Crippen molar-refractivity contribution in [2.75, 3.05) is 13.2 Å². The first-order valence-electron chi connectivity index (χ1n) is 7.12. The van der Waals surface area contributed by atoms with Crippen molar-refractivity contribution in [2.24, 2.45) is 5.41 Å². The van der Waals surface area contributed by atoms with Crippen LogP contribution in [0.25, 0.3) is 0 Å². The van der Waals surface area contributed by atoms with Crippen LogP contribution < -0.4 is 0 Å². The SMILES string of the molecule is N#CCN(CN1C(=O)CC2(CCCC2)C1=O)C1CC1. The maximum Gasteiger partial charge on any atom is 0.237 e. The van der Waals surface area contributed by atoms with Crippen LogP contribution in [0.2, 0.25) is 0 Å². The molecule has 3 aliphatic rings. The van der Waals surface area contributed by atoms with Crippen molar-refractivity contribution in [1.29, 1.82) is 5.26 Å². The maximum atomic E-state index is 12.5. The molecule has 3 fully saturated rings. The van der Waals surface area contributed by atoms with Gasteiger partial charge in [0.05, 0.1) is 24.7 Å². The summed E-state index contributed by atoms with van der Waals surface area (Å²) in [7, 11) is 0. The monoisotopic (exact) mass is 261 g/mol. The molecule has 0 aromatic rings. The minimum absolute atomic E-state index is 0.0126. The second kappa shape index (κ2) is 4.61. The Morgan fingerprint density at radius 3 is 2.58 bits per heavy atom. The lowest BCUT2D eigenvalue weighted by Gasteiger charge is -2.26. The summed E-state index contributed by atoms with van der Waals surface area (Å²) in [6.07, 6.45) is 6.35. The summed E-state index contributed by atoms with van der Waals surface area (Å²) in [4.78, 5) is 28.0. The zero-order chi connectivity index (χ0) is 13.5. The van der Waals surface area contributed by atoms with Gasteiger partial charge >= 0.3 is 0 Å². The van der Waals surface area contributed by atoms with Crippen molar-refractivity contribution in [3.63, 3.8) is 0 Å². The number of carbonyl (C=O) groups is 2. The van der Waals surface area contributed by atoms with Crippen molar-refractivity contribution in [3.05, 3.63) is 0 Å². The van der Waals surface area contributed by atoms with Crippen LogP contribution in [-0.4, -0.2) is 40.9 Å². The van der Waals surface area contributed by atoms with Gasteiger partial charge in [0.1, 0.15) is 0 Å². The Hall–Kier alpha value is -1.41. The van der Waals surface area contributed by atoms with Gasteiger partial charge in [-0.3, -0.25) is 19.4 Å². The molecule has 1 heterocycles. The largest absolute Gasteiger partial charge is 0.274 e. The number of likely N-dealkylation sites (tertiary alicyclic amines) is 1. The maximum absolute atomic E-state index is 12.5. The van der Waals surface area contributed by atoms with Gasteiger partial charge in [0.2, 0.25) is 11.8 Å². The lowest BCUT2D eigenvalue weighted by Crippen LogP contribution is -2.44. The summed E-state index contributed by atoms with van der Waals surface area (Å²) in [6, 6.07) is 2.52. The molecule has 0 unspecified atom stereocenters. The van der Waals surface area contributed by atoms with Crippen molar-refractivity contribution < 1.29 is 9.59 Å². The molecule has 0 atom stereocenters. The van der Waals surface area contributed by atoms with E-state index in [0.29, 0.717) is 25.7 Å². The van der Waals surface area contributed by atoms with Crippen LogP contribution in [0.15, 0.2) is 0 Å². The summed E-state index contributed by atoms with van der Waals surface area (Å²) in [5, 5.41) is 8.84. The topological polar surface area (TPSA) is 64.4 Å². The van der Waals surface area contributed by atoms with Gasteiger partial charge in [0.15, 0.2) is 0 Å². The second-order valence-electron chi connectivity index (χ2n) is 6.07. The third kappa shape index (κ3) is 2.14. The Labute approximate surface area is 113 Å². The molecule has 2 aliphatic carbocycles. The van der Waals surface area contributed by atoms with Gasteiger partial charge in [-0.15, -0.1) is 0 Å². The van der Waals surface area contributed by atoms with E-state index in [-0.39, 0.29) is 17.2 Å². The molecule has 1 spiro atoms. The Morgan fingerprint density at radius 2 is 2.00 bits per heavy atom. The summed E-state index contributed by atoms with van der Waals surface area (Å²) >= 11 is 0. The molecule has 5 nitrogen and oxygen atoms in total. The van der Waals surface area contributed by atoms with Crippen LogP contribution in [0.1, 0.15) is 44.9 Å². The number of hydrogen-bond donors (Lipinski definition) is 0. The molecule has 3 rings (SSSR count). The Morgan fingerprint density at radius 1 is 1.32 bits per heavy atom. The molecular weight excluding hydrogens is 242 g/mol. The van der Waals surface area contributed by atoms with Crippen LogP contribution in [0.4, 0.5) is 0 Å². The van der Waals surface area contributed by atoms with E-state index >= 15 is 0 Å². The highest BCUT2D eigenvalue weighted by atomic mass is 16.2. The molecular formula is C14H19N3O2. The Bertz CT molecular complexity index is 444. The van der Waals surface area contributed by atoms with Gasteiger partial charge in [0.25, 0.3) is 0 Å². The fourth-order valence-electron chi connectivity index (χ4n) is 3.45. The third-order valence-corrected chi connectivity index (χ3v) is 4.71. The predicted molar refractivity (Wildman–Crippen MR) is 67.6 cm³/mol. The summed E-state index contributed by atoms with van der Waals surface area (Å²) in [5.74, 6) is -0.0333. The van der Waals surface area contributed by atoms with E-state index in [1.54, 1.807) is 0 Å². The van der Waals surface area contributed by atoms with E-state index in [9.17, 15) is 9.59 Å². The van der Waals surface area contributed by atoms with E-state index in [1.165, 1.54) is 4.90 Å². The fourth-order valence-corrected chi connectivity index (χ4v) is 3.45. The molecule has 0 N–H and O–H groups in total. The second-order valence-corrected chi connectivity index (χ2v) is 6.07. The minimum Gasteiger partial charge on any atom is -0.274 e. The molecule has 2 saturated carbocycles. The smallest absolute Gasteiger partial charge is 0.237 e. The van der Waals surface area contributed by atoms with Crippen LogP contribution in [0.3, 0.4) is 0 Å². The highest BCUT2D eigenvalue weighted by molar-refractivity contribution is 6.06. The van der Waals surface area contributed by atoms with Gasteiger partial charge in [0, 0.05) is 12.5 Å². The van der Waals surface area contributed by atoms with Gasteiger partial charge in [-0.2, -0.15) is 5.26 Å². The minimum atomic E-state index is -0.390. The normalized spacial score (nSPS) is 25.6. The van der Waals surface area contributed by atoms with Crippen LogP contribution in [-0.2, 0) is 9.59 Å². The number of nitriles is 1. The number of hydrogen-bond acceptors (Lipinski definition) is 4. The zero-order valence-corrected chi connectivity index (χ0v) is 11.1. The molecule has 2 amide bonds. The average molecular weight is 261 g/mol. The van der Waals surface area contributed by atoms with Gasteiger partial charge in [-0.25, -0.2) is 0 Å². The molecule has 1 aliphatic heterocycles. The summed E-state index contributed by atoms with van der Waals surface area (Å²) in [5.41, 5.74) is -0.390. The Balaban J connectivity index is 1.72. The molecule has 1 saturated heterocycles. The number of nitrogens with zero attached hydrogens (tertiary/aromatic N) is 3. The first-order valence-corrected chi connectivity index (χ1v) is 7.12. The van der Waals surface area contributed by atoms with E-state index in [0.717, 1.165) is 38.5 Å². The van der Waals surface area contributed by atoms with Gasteiger partial charge in [-0.05, 0) is 25.7 Å². The van der Waals surface area contributed by atoms with Crippen molar-refractivity contribution in [2.45, 2.75) is 51.0 Å². The number of carbonyl (C=O) groups excluding carboxylic acids is 2. The first kappa shape index (κ1) is 12.6. The summed E-state index contributed by atoms with van der Waals surface area (Å²) < 4.78 is 0. The van der Waals surface area contributed by atoms with Gasteiger partial charge < -0.3 is 0 Å². The molecule has 0 bridgehead atoms. The van der Waals surface area contributed by atoms with E-state index in [1.807, 2.05) is 4.90 Å². The highest BCUT2D eigenvalue weighted by Gasteiger charge is 2.53. The fraction of sp³-hybridized carbons (Fsp3) is 0.786. The number of amides is 2. The molecule has 102 valence electrons. The Kier molecular flexibility index (Phi) is 3.06. The van der Waals surface area contributed by atoms with Crippen molar-refractivity contribution >= 4 is 11.8 Å². The van der Waals surface area contributed by atoms with E-state index < -0.39 is 0 Å². The number of imide groups is 1. The van der Waals surface area contributed by atoms with Crippen molar-refractivity contribution in [1.82, 2.24) is 9.80 Å². The quantitative estimate of drug-likeness (QED) is 0.564. The predicted octanol–water partition coefficient (Wildman–Crippen LogP) is 1.25. The average Bonchev–Trinajstić information content (AvgIpc) is 3.09. The van der Waals surface area contributed by atoms with Crippen LogP contribution >= 0.6 is 0 Å². The van der Waals surface area contributed by atoms with Gasteiger partial charge in [-0.1, -0.05) is 12.8 Å². The molecule has 19 heavy (non-hydrogen) atoms. The molecule has 5 heteroatoms. The van der Waals surface area contributed by atoms with E-state index in [2.05, 4.69) is 6.07 Å². The van der Waals surface area contributed by atoms with Crippen LogP contribution in [0, 0.1) is 16.7 Å². The van der Waals surface area contributed by atoms with E-state index in [4.69, 9.17) is 5.26 Å². The lowest BCUT2D eigenvalue weighted by atomic mass is 9.85. The zero-order valence-electron chi connectivity index (χ0n) is 11.1. The third-order valence-electron chi connectivity index (χ3n) is 4.71. The molecule has 0 radical (unpaired) electrons. The summed E-state index contributed by atoms with van der Waals surface area (Å²) in [6.45, 7) is 0.617. The standard InChI is InChI=1S/C14H19N3O2/c15-7-8-16(11-3-4-11)10-17-12(18)9-14(13(17)19)5-1-2-6-14/h11H,1-6,8-10H2. The first-order chi connectivity index (χ1) is 9.16. The highest BCUT2D eigenvalue weighted by Crippen LogP contribution is 2.47. The lowest BCUT2D eigenvalue weighted by molar-refractivity contribution is -0.143. The molecule has 0 aromatic heterocycles. The van der Waals surface area contributed by atoms with Crippen molar-refractivity contribution in [3.8, 4) is 6.07 Å². The van der Waals surface area contributed by atoms with Crippen LogP contribution in [0.5, 0.6) is 0 Å². The number of rotatable bonds is 4. The molecule has 0 aromatic carbocycles.